The molecular weight excluding hydrogens is 256 g/mol. The Hall–Kier alpha value is -0.980. The monoisotopic (exact) mass is 290 g/mol. The van der Waals surface area contributed by atoms with Crippen LogP contribution in [0.3, 0.4) is 0 Å². The molecule has 21 heavy (non-hydrogen) atoms. The number of benzene rings is 1. The molecule has 0 aliphatic rings. The normalized spacial score (nSPS) is 11.0. The number of aryl methyl sites for hydroxylation is 1. The second-order valence-corrected chi connectivity index (χ2v) is 6.33. The highest BCUT2D eigenvalue weighted by Gasteiger charge is 2.09. The zero-order chi connectivity index (χ0) is 15.5. The summed E-state index contributed by atoms with van der Waals surface area (Å²) >= 11 is 0. The van der Waals surface area contributed by atoms with Gasteiger partial charge in [-0.25, -0.2) is 0 Å². The van der Waals surface area contributed by atoms with Crippen LogP contribution in [0.5, 0.6) is 5.75 Å². The number of phenols is 1. The van der Waals surface area contributed by atoms with Crippen molar-refractivity contribution in [1.82, 2.24) is 0 Å². The second-order valence-electron chi connectivity index (χ2n) is 6.33. The van der Waals surface area contributed by atoms with Gasteiger partial charge in [0.05, 0.1) is 0 Å². The molecule has 0 heterocycles. The Morgan fingerprint density at radius 3 is 1.95 bits per heavy atom. The van der Waals surface area contributed by atoms with Crippen molar-refractivity contribution in [3.8, 4) is 5.75 Å². The topological polar surface area (TPSA) is 20.2 Å². The molecule has 1 aromatic rings. The van der Waals surface area contributed by atoms with Crippen LogP contribution >= 0.6 is 0 Å². The SMILES string of the molecule is CCCCCCCCCCc1c(O)ccc(C)c1CCC. The van der Waals surface area contributed by atoms with Crippen LogP contribution in [0, 0.1) is 6.92 Å². The van der Waals surface area contributed by atoms with E-state index in [0.717, 1.165) is 19.3 Å². The number of hydrogen-bond donors (Lipinski definition) is 1. The van der Waals surface area contributed by atoms with Crippen molar-refractivity contribution in [3.05, 3.63) is 28.8 Å². The molecule has 0 saturated carbocycles. The van der Waals surface area contributed by atoms with Crippen molar-refractivity contribution < 1.29 is 5.11 Å². The standard InChI is InChI=1S/C20H34O/c1-4-6-7-8-9-10-11-12-14-19-18(13-5-2)17(3)15-16-20(19)21/h15-16,21H,4-14H2,1-3H3. The van der Waals surface area contributed by atoms with Gasteiger partial charge in [-0.3, -0.25) is 0 Å². The Labute approximate surface area is 131 Å². The van der Waals surface area contributed by atoms with Crippen LogP contribution in [-0.2, 0) is 12.8 Å². The quantitative estimate of drug-likeness (QED) is 0.472. The van der Waals surface area contributed by atoms with Gasteiger partial charge < -0.3 is 5.11 Å². The number of unbranched alkanes of at least 4 members (excludes halogenated alkanes) is 7. The van der Waals surface area contributed by atoms with E-state index in [1.54, 1.807) is 0 Å². The first-order valence-electron chi connectivity index (χ1n) is 9.01. The fourth-order valence-corrected chi connectivity index (χ4v) is 3.11. The lowest BCUT2D eigenvalue weighted by Crippen LogP contribution is -1.98. The van der Waals surface area contributed by atoms with Gasteiger partial charge in [-0.15, -0.1) is 0 Å². The first kappa shape index (κ1) is 18.1. The lowest BCUT2D eigenvalue weighted by molar-refractivity contribution is 0.464. The van der Waals surface area contributed by atoms with Crippen molar-refractivity contribution in [2.45, 2.75) is 91.4 Å². The molecule has 0 saturated heterocycles. The molecule has 1 N–H and O–H groups in total. The molecule has 0 aliphatic carbocycles. The summed E-state index contributed by atoms with van der Waals surface area (Å²) in [5, 5.41) is 10.1. The number of phenolic OH excluding ortho intramolecular Hbond substituents is 1. The van der Waals surface area contributed by atoms with Gasteiger partial charge in [0.2, 0.25) is 0 Å². The summed E-state index contributed by atoms with van der Waals surface area (Å²) in [5.74, 6) is 0.506. The lowest BCUT2D eigenvalue weighted by atomic mass is 9.93. The third-order valence-electron chi connectivity index (χ3n) is 4.42. The molecule has 120 valence electrons. The van der Waals surface area contributed by atoms with Crippen LogP contribution < -0.4 is 0 Å². The van der Waals surface area contributed by atoms with Crippen molar-refractivity contribution in [1.29, 1.82) is 0 Å². The minimum absolute atomic E-state index is 0.506. The fourth-order valence-electron chi connectivity index (χ4n) is 3.11. The average molecular weight is 290 g/mol. The van der Waals surface area contributed by atoms with E-state index >= 15 is 0 Å². The van der Waals surface area contributed by atoms with E-state index in [1.165, 1.54) is 68.1 Å². The molecule has 0 aromatic heterocycles. The highest BCUT2D eigenvalue weighted by molar-refractivity contribution is 5.44. The van der Waals surface area contributed by atoms with E-state index in [1.807, 2.05) is 6.07 Å². The van der Waals surface area contributed by atoms with Gasteiger partial charge in [-0.1, -0.05) is 71.3 Å². The smallest absolute Gasteiger partial charge is 0.119 e. The van der Waals surface area contributed by atoms with Gasteiger partial charge in [0.1, 0.15) is 5.75 Å². The maximum Gasteiger partial charge on any atom is 0.119 e. The fraction of sp³-hybridized carbons (Fsp3) is 0.700. The zero-order valence-electron chi connectivity index (χ0n) is 14.4. The summed E-state index contributed by atoms with van der Waals surface area (Å²) in [6.45, 7) is 6.65. The van der Waals surface area contributed by atoms with E-state index in [4.69, 9.17) is 0 Å². The summed E-state index contributed by atoms with van der Waals surface area (Å²) in [7, 11) is 0. The predicted molar refractivity (Wildman–Crippen MR) is 93.2 cm³/mol. The molecule has 1 heteroatoms. The minimum atomic E-state index is 0.506. The summed E-state index contributed by atoms with van der Waals surface area (Å²) in [5.41, 5.74) is 3.94. The maximum atomic E-state index is 10.1. The molecular formula is C20H34O. The molecule has 1 nitrogen and oxygen atoms in total. The third-order valence-corrected chi connectivity index (χ3v) is 4.42. The summed E-state index contributed by atoms with van der Waals surface area (Å²) < 4.78 is 0. The van der Waals surface area contributed by atoms with E-state index in [0.29, 0.717) is 5.75 Å². The van der Waals surface area contributed by atoms with Gasteiger partial charge in [0.25, 0.3) is 0 Å². The van der Waals surface area contributed by atoms with E-state index < -0.39 is 0 Å². The molecule has 0 amide bonds. The summed E-state index contributed by atoms with van der Waals surface area (Å²) in [6, 6.07) is 3.92. The van der Waals surface area contributed by atoms with Crippen LogP contribution in [0.25, 0.3) is 0 Å². The molecule has 0 spiro atoms. The number of aromatic hydroxyl groups is 1. The van der Waals surface area contributed by atoms with Crippen LogP contribution in [-0.4, -0.2) is 5.11 Å². The van der Waals surface area contributed by atoms with Crippen LogP contribution in [0.2, 0.25) is 0 Å². The largest absolute Gasteiger partial charge is 0.508 e. The number of hydrogen-bond acceptors (Lipinski definition) is 1. The Morgan fingerprint density at radius 1 is 0.714 bits per heavy atom. The average Bonchev–Trinajstić information content (AvgIpc) is 2.48. The molecule has 0 unspecified atom stereocenters. The van der Waals surface area contributed by atoms with Gasteiger partial charge in [0.15, 0.2) is 0 Å². The highest BCUT2D eigenvalue weighted by Crippen LogP contribution is 2.27. The van der Waals surface area contributed by atoms with E-state index in [9.17, 15) is 5.11 Å². The van der Waals surface area contributed by atoms with Crippen LogP contribution in [0.15, 0.2) is 12.1 Å². The van der Waals surface area contributed by atoms with Crippen LogP contribution in [0.1, 0.15) is 88.3 Å². The van der Waals surface area contributed by atoms with Gasteiger partial charge in [-0.05, 0) is 48.9 Å². The minimum Gasteiger partial charge on any atom is -0.508 e. The van der Waals surface area contributed by atoms with E-state index in [2.05, 4.69) is 26.8 Å². The first-order valence-corrected chi connectivity index (χ1v) is 9.01. The van der Waals surface area contributed by atoms with Gasteiger partial charge in [-0.2, -0.15) is 0 Å². The first-order chi connectivity index (χ1) is 10.2. The molecule has 1 rings (SSSR count). The predicted octanol–water partition coefficient (Wildman–Crippen LogP) is 6.34. The Morgan fingerprint density at radius 2 is 1.33 bits per heavy atom. The lowest BCUT2D eigenvalue weighted by Gasteiger charge is -2.14. The molecule has 0 atom stereocenters. The molecule has 0 bridgehead atoms. The van der Waals surface area contributed by atoms with Crippen molar-refractivity contribution in [2.24, 2.45) is 0 Å². The highest BCUT2D eigenvalue weighted by atomic mass is 16.3. The summed E-state index contributed by atoms with van der Waals surface area (Å²) in [4.78, 5) is 0. The van der Waals surface area contributed by atoms with Crippen molar-refractivity contribution >= 4 is 0 Å². The van der Waals surface area contributed by atoms with Crippen molar-refractivity contribution in [2.75, 3.05) is 0 Å². The summed E-state index contributed by atoms with van der Waals surface area (Å²) in [6.07, 6.45) is 14.0. The molecule has 0 radical (unpaired) electrons. The van der Waals surface area contributed by atoms with Crippen molar-refractivity contribution in [3.63, 3.8) is 0 Å². The van der Waals surface area contributed by atoms with E-state index in [-0.39, 0.29) is 0 Å². The maximum absolute atomic E-state index is 10.1. The molecule has 0 fully saturated rings. The Bertz CT molecular complexity index is 395. The van der Waals surface area contributed by atoms with Crippen LogP contribution in [0.4, 0.5) is 0 Å². The Balaban J connectivity index is 2.36. The Kier molecular flexibility index (Phi) is 9.21. The zero-order valence-corrected chi connectivity index (χ0v) is 14.4. The number of rotatable bonds is 11. The van der Waals surface area contributed by atoms with Gasteiger partial charge >= 0.3 is 0 Å². The molecule has 1 aromatic carbocycles. The third kappa shape index (κ3) is 6.54. The molecule has 0 aliphatic heterocycles. The second kappa shape index (κ2) is 10.7. The van der Waals surface area contributed by atoms with Gasteiger partial charge in [0, 0.05) is 0 Å².